The molecule has 108 valence electrons. The van der Waals surface area contributed by atoms with Crippen molar-refractivity contribution in [1.82, 2.24) is 5.32 Å². The van der Waals surface area contributed by atoms with Gasteiger partial charge >= 0.3 is 0 Å². The van der Waals surface area contributed by atoms with Crippen LogP contribution in [-0.4, -0.2) is 6.54 Å². The fraction of sp³-hybridized carbons (Fsp3) is 0.316. The van der Waals surface area contributed by atoms with Gasteiger partial charge in [-0.25, -0.2) is 0 Å². The minimum absolute atomic E-state index is 0.579. The number of nitriles is 1. The fourth-order valence-corrected chi connectivity index (χ4v) is 2.66. The highest BCUT2D eigenvalue weighted by molar-refractivity contribution is 5.31. The van der Waals surface area contributed by atoms with Crippen molar-refractivity contribution in [2.45, 2.75) is 31.7 Å². The first kappa shape index (κ1) is 15.3. The topological polar surface area (TPSA) is 35.8 Å². The van der Waals surface area contributed by atoms with Gasteiger partial charge in [0.1, 0.15) is 5.54 Å². The third-order valence-corrected chi connectivity index (χ3v) is 3.77. The summed E-state index contributed by atoms with van der Waals surface area (Å²) in [7, 11) is 0. The lowest BCUT2D eigenvalue weighted by molar-refractivity contribution is 0.396. The Morgan fingerprint density at radius 1 is 1.00 bits per heavy atom. The van der Waals surface area contributed by atoms with Crippen LogP contribution in [0.4, 0.5) is 0 Å². The third-order valence-electron chi connectivity index (χ3n) is 3.77. The lowest BCUT2D eigenvalue weighted by Crippen LogP contribution is -2.42. The molecule has 1 N–H and O–H groups in total. The first-order valence-electron chi connectivity index (χ1n) is 7.56. The van der Waals surface area contributed by atoms with Crippen LogP contribution in [0.2, 0.25) is 0 Å². The molecule has 0 bridgehead atoms. The molecule has 21 heavy (non-hydrogen) atoms. The van der Waals surface area contributed by atoms with E-state index in [9.17, 15) is 5.26 Å². The molecule has 2 aromatic carbocycles. The second-order valence-corrected chi connectivity index (χ2v) is 5.30. The fourth-order valence-electron chi connectivity index (χ4n) is 2.66. The maximum Gasteiger partial charge on any atom is 0.132 e. The summed E-state index contributed by atoms with van der Waals surface area (Å²) in [5.41, 5.74) is 1.77. The van der Waals surface area contributed by atoms with E-state index < -0.39 is 5.54 Å². The van der Waals surface area contributed by atoms with E-state index in [0.29, 0.717) is 0 Å². The van der Waals surface area contributed by atoms with E-state index >= 15 is 0 Å². The van der Waals surface area contributed by atoms with Gasteiger partial charge in [-0.1, -0.05) is 74.0 Å². The molecule has 0 saturated carbocycles. The van der Waals surface area contributed by atoms with Gasteiger partial charge in [-0.15, -0.1) is 0 Å². The Bertz CT molecular complexity index is 572. The van der Waals surface area contributed by atoms with Crippen LogP contribution >= 0.6 is 0 Å². The molecule has 0 heterocycles. The van der Waals surface area contributed by atoms with Crippen molar-refractivity contribution in [3.8, 4) is 6.07 Å². The van der Waals surface area contributed by atoms with Crippen LogP contribution in [-0.2, 0) is 12.0 Å². The van der Waals surface area contributed by atoms with Gasteiger partial charge in [0.15, 0.2) is 0 Å². The highest BCUT2D eigenvalue weighted by atomic mass is 15.0. The number of nitrogens with zero attached hydrogens (tertiary/aromatic N) is 1. The Labute approximate surface area is 127 Å². The van der Waals surface area contributed by atoms with Crippen LogP contribution in [0.3, 0.4) is 0 Å². The van der Waals surface area contributed by atoms with Crippen LogP contribution in [0.1, 0.15) is 30.9 Å². The molecule has 0 fully saturated rings. The Morgan fingerprint density at radius 3 is 2.19 bits per heavy atom. The molecule has 0 aliphatic heterocycles. The molecular formula is C19H22N2. The monoisotopic (exact) mass is 278 g/mol. The first-order valence-corrected chi connectivity index (χ1v) is 7.56. The van der Waals surface area contributed by atoms with Gasteiger partial charge in [0.05, 0.1) is 6.07 Å². The quantitative estimate of drug-likeness (QED) is 0.829. The molecule has 2 aromatic rings. The highest BCUT2D eigenvalue weighted by Crippen LogP contribution is 2.25. The van der Waals surface area contributed by atoms with Crippen molar-refractivity contribution in [3.63, 3.8) is 0 Å². The molecule has 0 radical (unpaired) electrons. The van der Waals surface area contributed by atoms with E-state index in [-0.39, 0.29) is 0 Å². The normalized spacial score (nSPS) is 13.3. The molecule has 0 aliphatic rings. The van der Waals surface area contributed by atoms with E-state index in [1.165, 1.54) is 5.56 Å². The summed E-state index contributed by atoms with van der Waals surface area (Å²) in [6, 6.07) is 22.9. The number of hydrogen-bond donors (Lipinski definition) is 1. The smallest absolute Gasteiger partial charge is 0.132 e. The summed E-state index contributed by atoms with van der Waals surface area (Å²) >= 11 is 0. The number of benzene rings is 2. The Balaban J connectivity index is 2.09. The summed E-state index contributed by atoms with van der Waals surface area (Å²) < 4.78 is 0. The lowest BCUT2D eigenvalue weighted by Gasteiger charge is -2.28. The standard InChI is InChI=1S/C19H22N2/c1-2-14-19(16-20,18-11-7-4-8-12-18)21-15-13-17-9-5-3-6-10-17/h3-12,21H,2,13-15H2,1H3. The summed E-state index contributed by atoms with van der Waals surface area (Å²) in [4.78, 5) is 0. The first-order chi connectivity index (χ1) is 10.3. The molecule has 0 amide bonds. The summed E-state index contributed by atoms with van der Waals surface area (Å²) in [6.07, 6.45) is 2.73. The Morgan fingerprint density at radius 2 is 1.62 bits per heavy atom. The second kappa shape index (κ2) is 7.61. The maximum absolute atomic E-state index is 9.75. The predicted molar refractivity (Wildman–Crippen MR) is 86.8 cm³/mol. The molecule has 0 saturated heterocycles. The van der Waals surface area contributed by atoms with Crippen molar-refractivity contribution >= 4 is 0 Å². The number of hydrogen-bond acceptors (Lipinski definition) is 2. The molecule has 0 aromatic heterocycles. The zero-order valence-electron chi connectivity index (χ0n) is 12.5. The van der Waals surface area contributed by atoms with Crippen molar-refractivity contribution in [2.24, 2.45) is 0 Å². The Kier molecular flexibility index (Phi) is 5.54. The van der Waals surface area contributed by atoms with Gasteiger partial charge in [0.25, 0.3) is 0 Å². The molecule has 1 atom stereocenters. The highest BCUT2D eigenvalue weighted by Gasteiger charge is 2.30. The predicted octanol–water partition coefficient (Wildman–Crippen LogP) is 4.04. The zero-order chi connectivity index (χ0) is 15.0. The molecule has 1 unspecified atom stereocenters. The van der Waals surface area contributed by atoms with Crippen molar-refractivity contribution in [1.29, 1.82) is 5.26 Å². The average molecular weight is 278 g/mol. The Hall–Kier alpha value is -2.11. The minimum atomic E-state index is -0.579. The van der Waals surface area contributed by atoms with Gasteiger partial charge in [-0.2, -0.15) is 5.26 Å². The summed E-state index contributed by atoms with van der Waals surface area (Å²) in [6.45, 7) is 2.92. The van der Waals surface area contributed by atoms with Crippen molar-refractivity contribution < 1.29 is 0 Å². The van der Waals surface area contributed by atoms with Crippen LogP contribution in [0.5, 0.6) is 0 Å². The summed E-state index contributed by atoms with van der Waals surface area (Å²) in [5, 5.41) is 13.2. The van der Waals surface area contributed by atoms with Gasteiger partial charge < -0.3 is 0 Å². The number of nitrogens with one attached hydrogen (secondary N) is 1. The molecule has 2 nitrogen and oxygen atoms in total. The lowest BCUT2D eigenvalue weighted by atomic mass is 9.86. The van der Waals surface area contributed by atoms with Crippen LogP contribution < -0.4 is 5.32 Å². The largest absolute Gasteiger partial charge is 0.295 e. The molecule has 2 heteroatoms. The molecule has 2 rings (SSSR count). The third kappa shape index (κ3) is 3.93. The second-order valence-electron chi connectivity index (χ2n) is 5.30. The zero-order valence-corrected chi connectivity index (χ0v) is 12.5. The van der Waals surface area contributed by atoms with Crippen molar-refractivity contribution in [3.05, 3.63) is 71.8 Å². The van der Waals surface area contributed by atoms with E-state index in [1.54, 1.807) is 0 Å². The van der Waals surface area contributed by atoms with Crippen LogP contribution in [0.25, 0.3) is 0 Å². The maximum atomic E-state index is 9.75. The van der Waals surface area contributed by atoms with Crippen molar-refractivity contribution in [2.75, 3.05) is 6.54 Å². The molecular weight excluding hydrogens is 256 g/mol. The van der Waals surface area contributed by atoms with E-state index in [0.717, 1.165) is 31.4 Å². The number of rotatable bonds is 7. The average Bonchev–Trinajstić information content (AvgIpc) is 2.56. The molecule has 0 spiro atoms. The van der Waals surface area contributed by atoms with Crippen LogP contribution in [0, 0.1) is 11.3 Å². The van der Waals surface area contributed by atoms with Gasteiger partial charge in [-0.3, -0.25) is 5.32 Å². The SMILES string of the molecule is CCCC(C#N)(NCCc1ccccc1)c1ccccc1. The van der Waals surface area contributed by atoms with E-state index in [4.69, 9.17) is 0 Å². The van der Waals surface area contributed by atoms with Gasteiger partial charge in [-0.05, 0) is 24.0 Å². The van der Waals surface area contributed by atoms with E-state index in [1.807, 2.05) is 36.4 Å². The van der Waals surface area contributed by atoms with E-state index in [2.05, 4.69) is 42.6 Å². The molecule has 0 aliphatic carbocycles. The summed E-state index contributed by atoms with van der Waals surface area (Å²) in [5.74, 6) is 0. The minimum Gasteiger partial charge on any atom is -0.295 e. The van der Waals surface area contributed by atoms with Gasteiger partial charge in [0, 0.05) is 6.54 Å². The van der Waals surface area contributed by atoms with Crippen LogP contribution in [0.15, 0.2) is 60.7 Å². The van der Waals surface area contributed by atoms with Gasteiger partial charge in [0.2, 0.25) is 0 Å².